The zero-order chi connectivity index (χ0) is 24.2. The molecule has 1 aromatic heterocycles. The van der Waals surface area contributed by atoms with Crippen molar-refractivity contribution in [2.24, 2.45) is 0 Å². The number of anilines is 4. The van der Waals surface area contributed by atoms with Gasteiger partial charge in [0, 0.05) is 12.3 Å². The number of halogens is 2. The second-order valence-electron chi connectivity index (χ2n) is 7.82. The minimum atomic E-state index is -1.06. The van der Waals surface area contributed by atoms with Gasteiger partial charge in [0.15, 0.2) is 0 Å². The quantitative estimate of drug-likeness (QED) is 0.475. The third-order valence-electron chi connectivity index (χ3n) is 5.00. The van der Waals surface area contributed by atoms with Gasteiger partial charge in [-0.25, -0.2) is 23.5 Å². The summed E-state index contributed by atoms with van der Waals surface area (Å²) in [4.78, 5) is 22.8. The van der Waals surface area contributed by atoms with Crippen LogP contribution in [0, 0.1) is 11.6 Å². The van der Waals surface area contributed by atoms with E-state index >= 15 is 0 Å². The Hall–Kier alpha value is -3.79. The standard InChI is InChI=1S/C23H25F2N5O3/c1-14(23(2,3)32)27-21-26-13-12-19(28-21)30(15-8-10-16(33-4)11-9-15)22(31)29-20-17(24)6-5-7-18(20)25/h5-14,32H,1-4H3,(H,29,31)(H,26,27,28)/t14-/m0/s1. The molecule has 10 heteroatoms. The van der Waals surface area contributed by atoms with Crippen molar-refractivity contribution >= 4 is 29.2 Å². The smallest absolute Gasteiger partial charge is 0.332 e. The number of benzene rings is 2. The van der Waals surface area contributed by atoms with Crippen molar-refractivity contribution in [1.29, 1.82) is 0 Å². The molecule has 3 rings (SSSR count). The molecule has 0 aliphatic carbocycles. The van der Waals surface area contributed by atoms with Gasteiger partial charge in [0.1, 0.15) is 28.9 Å². The number of para-hydroxylation sites is 1. The number of nitrogens with zero attached hydrogens (tertiary/aromatic N) is 3. The molecule has 33 heavy (non-hydrogen) atoms. The first-order valence-electron chi connectivity index (χ1n) is 10.1. The molecule has 0 aliphatic heterocycles. The van der Waals surface area contributed by atoms with Crippen LogP contribution >= 0.6 is 0 Å². The third-order valence-corrected chi connectivity index (χ3v) is 5.00. The van der Waals surface area contributed by atoms with Crippen LogP contribution in [-0.4, -0.2) is 39.9 Å². The van der Waals surface area contributed by atoms with Gasteiger partial charge in [-0.05, 0) is 57.2 Å². The molecular formula is C23H25F2N5O3. The molecule has 8 nitrogen and oxygen atoms in total. The van der Waals surface area contributed by atoms with Gasteiger partial charge in [-0.15, -0.1) is 0 Å². The van der Waals surface area contributed by atoms with Crippen molar-refractivity contribution < 1.29 is 23.4 Å². The number of carbonyl (C=O) groups excluding carboxylic acids is 1. The Kier molecular flexibility index (Phi) is 7.07. The Morgan fingerprint density at radius 2 is 1.76 bits per heavy atom. The van der Waals surface area contributed by atoms with E-state index in [1.54, 1.807) is 45.0 Å². The van der Waals surface area contributed by atoms with E-state index in [0.717, 1.165) is 17.0 Å². The number of rotatable bonds is 7. The van der Waals surface area contributed by atoms with Crippen molar-refractivity contribution in [2.45, 2.75) is 32.4 Å². The van der Waals surface area contributed by atoms with E-state index < -0.39 is 35.0 Å². The Labute approximate surface area is 190 Å². The minimum Gasteiger partial charge on any atom is -0.497 e. The first kappa shape index (κ1) is 23.9. The third kappa shape index (κ3) is 5.72. The van der Waals surface area contributed by atoms with Gasteiger partial charge in [-0.3, -0.25) is 0 Å². The molecule has 174 valence electrons. The van der Waals surface area contributed by atoms with E-state index in [-0.39, 0.29) is 11.8 Å². The van der Waals surface area contributed by atoms with E-state index in [0.29, 0.717) is 11.4 Å². The largest absolute Gasteiger partial charge is 0.497 e. The van der Waals surface area contributed by atoms with Crippen LogP contribution in [0.2, 0.25) is 0 Å². The second kappa shape index (κ2) is 9.78. The maximum absolute atomic E-state index is 14.1. The Morgan fingerprint density at radius 1 is 1.12 bits per heavy atom. The van der Waals surface area contributed by atoms with Crippen molar-refractivity contribution in [2.75, 3.05) is 22.6 Å². The highest BCUT2D eigenvalue weighted by atomic mass is 19.1. The molecule has 0 fully saturated rings. The Morgan fingerprint density at radius 3 is 2.33 bits per heavy atom. The van der Waals surface area contributed by atoms with E-state index in [4.69, 9.17) is 4.74 Å². The molecule has 0 bridgehead atoms. The Bertz CT molecular complexity index is 1100. The molecular weight excluding hydrogens is 432 g/mol. The highest BCUT2D eigenvalue weighted by Crippen LogP contribution is 2.28. The van der Waals surface area contributed by atoms with E-state index in [1.165, 1.54) is 25.4 Å². The lowest BCUT2D eigenvalue weighted by Gasteiger charge is -2.27. The topological polar surface area (TPSA) is 99.6 Å². The summed E-state index contributed by atoms with van der Waals surface area (Å²) < 4.78 is 33.5. The van der Waals surface area contributed by atoms with Crippen LogP contribution < -0.4 is 20.3 Å². The molecule has 0 radical (unpaired) electrons. The number of nitrogens with one attached hydrogen (secondary N) is 2. The summed E-state index contributed by atoms with van der Waals surface area (Å²) in [5.41, 5.74) is -1.27. The number of methoxy groups -OCH3 is 1. The van der Waals surface area contributed by atoms with Crippen molar-refractivity contribution in [3.05, 3.63) is 66.4 Å². The lowest BCUT2D eigenvalue weighted by Crippen LogP contribution is -2.40. The van der Waals surface area contributed by atoms with Gasteiger partial charge >= 0.3 is 6.03 Å². The lowest BCUT2D eigenvalue weighted by atomic mass is 10.0. The summed E-state index contributed by atoms with van der Waals surface area (Å²) in [6, 6.07) is 9.98. The predicted octanol–water partition coefficient (Wildman–Crippen LogP) is 4.70. The maximum atomic E-state index is 14.1. The predicted molar refractivity (Wildman–Crippen MR) is 122 cm³/mol. The van der Waals surface area contributed by atoms with Crippen LogP contribution in [0.15, 0.2) is 54.7 Å². The number of hydrogen-bond acceptors (Lipinski definition) is 6. The lowest BCUT2D eigenvalue weighted by molar-refractivity contribution is 0.0646. The molecule has 0 spiro atoms. The maximum Gasteiger partial charge on any atom is 0.332 e. The van der Waals surface area contributed by atoms with Crippen LogP contribution in [-0.2, 0) is 0 Å². The highest BCUT2D eigenvalue weighted by molar-refractivity contribution is 6.06. The molecule has 0 aliphatic rings. The number of hydrogen-bond donors (Lipinski definition) is 3. The summed E-state index contributed by atoms with van der Waals surface area (Å²) in [6.07, 6.45) is 1.43. The zero-order valence-corrected chi connectivity index (χ0v) is 18.6. The summed E-state index contributed by atoms with van der Waals surface area (Å²) in [5.74, 6) is -0.979. The summed E-state index contributed by atoms with van der Waals surface area (Å²) >= 11 is 0. The van der Waals surface area contributed by atoms with Crippen molar-refractivity contribution in [1.82, 2.24) is 9.97 Å². The molecule has 1 heterocycles. The normalized spacial score (nSPS) is 12.1. The van der Waals surface area contributed by atoms with Gasteiger partial charge < -0.3 is 20.5 Å². The van der Waals surface area contributed by atoms with Gasteiger partial charge in [0.05, 0.1) is 24.4 Å². The monoisotopic (exact) mass is 457 g/mol. The summed E-state index contributed by atoms with van der Waals surface area (Å²) in [5, 5.41) is 15.4. The number of aliphatic hydroxyl groups is 1. The summed E-state index contributed by atoms with van der Waals surface area (Å²) in [6.45, 7) is 5.02. The first-order chi connectivity index (χ1) is 15.6. The molecule has 3 N–H and O–H groups in total. The van der Waals surface area contributed by atoms with Gasteiger partial charge in [0.25, 0.3) is 0 Å². The number of amides is 2. The number of aromatic nitrogens is 2. The van der Waals surface area contributed by atoms with Crippen molar-refractivity contribution in [3.63, 3.8) is 0 Å². The minimum absolute atomic E-state index is 0.134. The molecule has 2 aromatic carbocycles. The molecule has 0 saturated carbocycles. The van der Waals surface area contributed by atoms with Crippen LogP contribution in [0.3, 0.4) is 0 Å². The van der Waals surface area contributed by atoms with E-state index in [9.17, 15) is 18.7 Å². The van der Waals surface area contributed by atoms with Gasteiger partial charge in [-0.1, -0.05) is 6.07 Å². The number of ether oxygens (including phenoxy) is 1. The molecule has 3 aromatic rings. The van der Waals surface area contributed by atoms with Crippen LogP contribution in [0.25, 0.3) is 0 Å². The zero-order valence-electron chi connectivity index (χ0n) is 18.6. The Balaban J connectivity index is 2.00. The van der Waals surface area contributed by atoms with Crippen LogP contribution in [0.4, 0.5) is 36.7 Å². The van der Waals surface area contributed by atoms with Crippen LogP contribution in [0.1, 0.15) is 20.8 Å². The SMILES string of the molecule is COc1ccc(N(C(=O)Nc2c(F)cccc2F)c2ccnc(N[C@@H](C)C(C)(C)O)n2)cc1. The molecule has 0 saturated heterocycles. The second-order valence-corrected chi connectivity index (χ2v) is 7.82. The number of carbonyl (C=O) groups is 1. The average Bonchev–Trinajstić information content (AvgIpc) is 2.77. The average molecular weight is 457 g/mol. The summed E-state index contributed by atoms with van der Waals surface area (Å²) in [7, 11) is 1.51. The van der Waals surface area contributed by atoms with Gasteiger partial charge in [0.2, 0.25) is 5.95 Å². The first-order valence-corrected chi connectivity index (χ1v) is 10.1. The molecule has 0 unspecified atom stereocenters. The number of urea groups is 1. The van der Waals surface area contributed by atoms with E-state index in [2.05, 4.69) is 20.6 Å². The highest BCUT2D eigenvalue weighted by Gasteiger charge is 2.25. The fourth-order valence-electron chi connectivity index (χ4n) is 2.78. The van der Waals surface area contributed by atoms with E-state index in [1.807, 2.05) is 0 Å². The fraction of sp³-hybridized carbons (Fsp3) is 0.261. The molecule has 2 amide bonds. The van der Waals surface area contributed by atoms with Crippen molar-refractivity contribution in [3.8, 4) is 5.75 Å². The van der Waals surface area contributed by atoms with Gasteiger partial charge in [-0.2, -0.15) is 4.98 Å². The molecule has 1 atom stereocenters. The fourth-order valence-corrected chi connectivity index (χ4v) is 2.78. The van der Waals surface area contributed by atoms with Crippen LogP contribution in [0.5, 0.6) is 5.75 Å².